The maximum Gasteiger partial charge on any atom is 0.337 e. The van der Waals surface area contributed by atoms with Crippen molar-refractivity contribution in [3.05, 3.63) is 93.9 Å². The molecule has 0 saturated carbocycles. The molecule has 38 heteroatoms. The number of hydrogen-bond acceptors (Lipinski definition) is 37. The van der Waals surface area contributed by atoms with Crippen LogP contribution in [0, 0.1) is 47.3 Å². The van der Waals surface area contributed by atoms with Gasteiger partial charge < -0.3 is 163 Å². The highest BCUT2D eigenvalue weighted by atomic mass is 16.8. The molecule has 8 heterocycles. The number of aliphatic hydroxyl groups is 16. The summed E-state index contributed by atoms with van der Waals surface area (Å²) in [6.07, 6.45) is -30.0. The van der Waals surface area contributed by atoms with Crippen LogP contribution in [0.2, 0.25) is 0 Å². The van der Waals surface area contributed by atoms with Crippen LogP contribution in [0.15, 0.2) is 93.9 Å². The topological polar surface area (TPSA) is 577 Å². The Balaban J connectivity index is 0.756. The predicted molar refractivity (Wildman–Crippen MR) is 327 cm³/mol. The highest BCUT2D eigenvalue weighted by molar-refractivity contribution is 5.91. The largest absolute Gasteiger partial charge is 0.478 e. The number of ether oxygens (including phenoxy) is 16. The molecule has 0 radical (unpaired) electrons. The highest BCUT2D eigenvalue weighted by Crippen LogP contribution is 2.50. The van der Waals surface area contributed by atoms with Crippen LogP contribution in [0.1, 0.15) is 32.6 Å². The molecule has 4 aliphatic carbocycles. The molecule has 0 aromatic heterocycles. The van der Waals surface area contributed by atoms with Gasteiger partial charge in [-0.3, -0.25) is 4.79 Å². The lowest BCUT2D eigenvalue weighted by Crippen LogP contribution is -2.60. The molecule has 576 valence electrons. The fraction of sp³-hybridized carbons (Fsp3) is 0.682. The van der Waals surface area contributed by atoms with Gasteiger partial charge in [0.15, 0.2) is 25.2 Å². The summed E-state index contributed by atoms with van der Waals surface area (Å²) in [6.45, 7) is -4.02. The van der Waals surface area contributed by atoms with Crippen molar-refractivity contribution in [3.8, 4) is 0 Å². The van der Waals surface area contributed by atoms with Crippen molar-refractivity contribution in [1.82, 2.24) is 0 Å². The number of carboxylic acids is 1. The van der Waals surface area contributed by atoms with E-state index < -0.39 is 271 Å². The molecule has 0 unspecified atom stereocenters. The van der Waals surface area contributed by atoms with E-state index in [0.29, 0.717) is 5.57 Å². The van der Waals surface area contributed by atoms with E-state index in [1.54, 1.807) is 24.3 Å². The van der Waals surface area contributed by atoms with Gasteiger partial charge in [0.25, 0.3) is 0 Å². The zero-order valence-electron chi connectivity index (χ0n) is 55.3. The predicted octanol–water partition coefficient (Wildman–Crippen LogP) is -7.26. The Kier molecular flexibility index (Phi) is 24.1. The van der Waals surface area contributed by atoms with E-state index >= 15 is 0 Å². The second-order valence-corrected chi connectivity index (χ2v) is 27.0. The lowest BCUT2D eigenvalue weighted by atomic mass is 9.82. The maximum absolute atomic E-state index is 14.7. The zero-order chi connectivity index (χ0) is 74.4. The average molecular weight is 1490 g/mol. The highest BCUT2D eigenvalue weighted by Gasteiger charge is 2.57. The maximum atomic E-state index is 14.7. The molecular weight excluding hydrogens is 1400 g/mol. The fourth-order valence-electron chi connectivity index (χ4n) is 15.3. The number of hydrogen-bond donors (Lipinski definition) is 17. The summed E-state index contributed by atoms with van der Waals surface area (Å²) in [5, 5.41) is 178. The van der Waals surface area contributed by atoms with Crippen LogP contribution in [0.25, 0.3) is 0 Å². The van der Waals surface area contributed by atoms with E-state index in [1.807, 2.05) is 0 Å². The minimum Gasteiger partial charge on any atom is -0.478 e. The summed E-state index contributed by atoms with van der Waals surface area (Å²) in [4.78, 5) is 68.0. The van der Waals surface area contributed by atoms with Gasteiger partial charge in [-0.15, -0.1) is 0 Å². The van der Waals surface area contributed by atoms with E-state index in [0.717, 1.165) is 25.0 Å². The molecule has 0 bridgehead atoms. The van der Waals surface area contributed by atoms with Crippen LogP contribution in [-0.2, 0) is 99.8 Å². The molecule has 0 aromatic carbocycles. The third-order valence-corrected chi connectivity index (χ3v) is 21.0. The van der Waals surface area contributed by atoms with Crippen molar-refractivity contribution in [2.45, 2.75) is 181 Å². The lowest BCUT2D eigenvalue weighted by molar-refractivity contribution is -0.339. The van der Waals surface area contributed by atoms with Gasteiger partial charge in [0.1, 0.15) is 124 Å². The molecule has 0 spiro atoms. The molecule has 38 nitrogen and oxygen atoms in total. The van der Waals surface area contributed by atoms with E-state index in [4.69, 9.17) is 75.8 Å². The normalized spacial score (nSPS) is 42.9. The Labute approximate surface area is 589 Å². The first-order valence-electron chi connectivity index (χ1n) is 33.7. The molecule has 4 fully saturated rings. The van der Waals surface area contributed by atoms with Crippen LogP contribution >= 0.6 is 0 Å². The molecule has 12 aliphatic rings. The molecule has 17 N–H and O–H groups in total. The lowest BCUT2D eigenvalue weighted by Gasteiger charge is -2.43. The molecule has 4 saturated heterocycles. The van der Waals surface area contributed by atoms with Crippen molar-refractivity contribution in [2.24, 2.45) is 47.3 Å². The number of carbonyl (C=O) groups excluding carboxylic acids is 4. The van der Waals surface area contributed by atoms with Gasteiger partial charge in [0, 0.05) is 30.6 Å². The van der Waals surface area contributed by atoms with Gasteiger partial charge in [0.2, 0.25) is 25.2 Å². The number of aliphatic hydroxyl groups excluding tert-OH is 16. The van der Waals surface area contributed by atoms with Gasteiger partial charge in [0.05, 0.1) is 97.4 Å². The molecular formula is C66H84O38. The van der Waals surface area contributed by atoms with Crippen molar-refractivity contribution in [2.75, 3.05) is 52.9 Å². The Hall–Kier alpha value is -6.49. The minimum atomic E-state index is -1.95. The van der Waals surface area contributed by atoms with Crippen LogP contribution < -0.4 is 0 Å². The van der Waals surface area contributed by atoms with Gasteiger partial charge in [-0.05, 0) is 48.0 Å². The molecule has 8 aliphatic heterocycles. The van der Waals surface area contributed by atoms with Crippen LogP contribution in [0.3, 0.4) is 0 Å². The van der Waals surface area contributed by atoms with Crippen LogP contribution in [0.5, 0.6) is 0 Å². The number of carboxylic acid groups (broad SMARTS) is 1. The van der Waals surface area contributed by atoms with Gasteiger partial charge in [-0.1, -0.05) is 24.3 Å². The Morgan fingerprint density at radius 3 is 0.798 bits per heavy atom. The molecule has 0 aromatic rings. The zero-order valence-corrected chi connectivity index (χ0v) is 55.3. The first-order chi connectivity index (χ1) is 49.8. The van der Waals surface area contributed by atoms with Crippen LogP contribution in [-0.4, -0.2) is 317 Å². The van der Waals surface area contributed by atoms with Crippen molar-refractivity contribution in [1.29, 1.82) is 0 Å². The van der Waals surface area contributed by atoms with Gasteiger partial charge >= 0.3 is 29.8 Å². The molecule has 104 heavy (non-hydrogen) atoms. The summed E-state index contributed by atoms with van der Waals surface area (Å²) in [5.41, 5.74) is 0.690. The second kappa shape index (κ2) is 32.5. The van der Waals surface area contributed by atoms with E-state index in [-0.39, 0.29) is 71.3 Å². The standard InChI is InChI=1S/C66H84O38/c1-22(71)89-14-23-3-7-28-32(19-94-60(40(23)28)102-64-52(81)48(77)44(73)36(11-68)98-64)56(86)91-16-25-5-9-30-34(21-96-62(42(25)30)104-66-54(83)50(79)46(75)38(13-70)100-66)58(88)92-17-26-4-8-29-33(20-95-61(41(26)29)103-65-53(82)49(78)45(74)37(12-69)99-65)57(87)90-15-24-2-6-27-31(55(84)85)18-93-59(39(24)27)101-63-51(80)47(76)43(72)35(10-67)97-63/h2-5,18-21,27-30,35-54,59-70,72-83H,6-17H2,1H3,(H,84,85)/t27-,28-,29-,30-,35-,36-,37-,38-,39-,40-,41-,42-,43-,44-,45-,46-,47+,48+,49+,50+,51-,52-,53-,54-,59+,60+,61+,62+,63+,64+,65+,66+/m1/s1. The first-order valence-corrected chi connectivity index (χ1v) is 33.7. The number of esters is 4. The summed E-state index contributed by atoms with van der Waals surface area (Å²) in [5.74, 6) is -12.8. The first kappa shape index (κ1) is 77.1. The number of carbonyl (C=O) groups is 5. The average Bonchev–Trinajstić information content (AvgIpc) is 1.55. The summed E-state index contributed by atoms with van der Waals surface area (Å²) >= 11 is 0. The van der Waals surface area contributed by atoms with E-state index in [9.17, 15) is 111 Å². The second-order valence-electron chi connectivity index (χ2n) is 27.0. The smallest absolute Gasteiger partial charge is 0.337 e. The fourth-order valence-corrected chi connectivity index (χ4v) is 15.3. The molecule has 32 atom stereocenters. The third kappa shape index (κ3) is 15.1. The number of rotatable bonds is 24. The Bertz CT molecular complexity index is 3410. The summed E-state index contributed by atoms with van der Waals surface area (Å²) in [6, 6.07) is 0. The van der Waals surface area contributed by atoms with Crippen molar-refractivity contribution in [3.63, 3.8) is 0 Å². The quantitative estimate of drug-likeness (QED) is 0.0243. The van der Waals surface area contributed by atoms with Crippen molar-refractivity contribution >= 4 is 29.8 Å². The summed E-state index contributed by atoms with van der Waals surface area (Å²) < 4.78 is 93.5. The van der Waals surface area contributed by atoms with Crippen molar-refractivity contribution < 1.29 is 187 Å². The number of aliphatic carboxylic acids is 1. The monoisotopic (exact) mass is 1480 g/mol. The minimum absolute atomic E-state index is 0.00547. The van der Waals surface area contributed by atoms with Crippen LogP contribution in [0.4, 0.5) is 0 Å². The van der Waals surface area contributed by atoms with Gasteiger partial charge in [-0.2, -0.15) is 0 Å². The van der Waals surface area contributed by atoms with E-state index in [2.05, 4.69) is 0 Å². The Morgan fingerprint density at radius 2 is 0.567 bits per heavy atom. The third-order valence-electron chi connectivity index (χ3n) is 21.0. The number of allylic oxidation sites excluding steroid dienone is 4. The van der Waals surface area contributed by atoms with Gasteiger partial charge in [-0.25, -0.2) is 19.2 Å². The molecule has 12 rings (SSSR count). The molecule has 0 amide bonds. The van der Waals surface area contributed by atoms with E-state index in [1.165, 1.54) is 6.92 Å². The number of fused-ring (bicyclic) bond motifs is 4. The SMILES string of the molecule is CC(=O)OCC1=CC[C@@H]2C(C(=O)OCC3=CC[C@@H]4C(C(=O)OCC5=CC[C@@H]6C(C(=O)OCC7=CC[C@@H]8C(C(=O)O)=CO[C@@H](O[C@@H]9O[C@H](CO)[C@@H](O)[C@H](O)[C@H]9O)[C@H]78)=CO[C@@H](O[C@@H]7O[C@H](CO)[C@@H](O)[C@H](O)[C@H]7O)[C@H]56)=CO[C@@H](O[C@@H]5O[C@H](CO)[C@@H](O)[C@H](O)[C@H]5O)[C@H]34)=CO[C@@H](O[C@@H]3O[C@H](CO)[C@@H](O)[C@H](O)[C@H]3O)[C@H]12. The Morgan fingerprint density at radius 1 is 0.337 bits per heavy atom. The summed E-state index contributed by atoms with van der Waals surface area (Å²) in [7, 11) is 0.